The molecule has 1 aromatic carbocycles. The average Bonchev–Trinajstić information content (AvgIpc) is 2.61. The molecule has 1 aromatic rings. The number of nitrogens with zero attached hydrogens (tertiary/aromatic N) is 1. The predicted octanol–water partition coefficient (Wildman–Crippen LogP) is 1.58. The van der Waals surface area contributed by atoms with Crippen molar-refractivity contribution in [3.05, 3.63) is 24.3 Å². The summed E-state index contributed by atoms with van der Waals surface area (Å²) in [6.07, 6.45) is -2.60. The molecule has 1 atom stereocenters. The topological polar surface area (TPSA) is 73.5 Å². The largest absolute Gasteiger partial charge is 0.369 e. The molecule has 3 N–H and O–H groups in total. The second-order valence-electron chi connectivity index (χ2n) is 6.08. The van der Waals surface area contributed by atoms with Gasteiger partial charge in [0, 0.05) is 50.0 Å². The number of amides is 2. The second kappa shape index (κ2) is 9.31. The fourth-order valence-electron chi connectivity index (χ4n) is 2.60. The first kappa shape index (κ1) is 19.1. The standard InChI is InChI=1S/C17H24F2N4O2/c1-12(2-7-15(18)19)21-16(24)17(25)22-13-3-5-14(6-4-13)23-10-8-20-9-11-23/h3-6,12,15,20H,2,7-11H2,1H3,(H,21,24)(H,22,25). The normalized spacial score (nSPS) is 15.8. The summed E-state index contributed by atoms with van der Waals surface area (Å²) in [7, 11) is 0. The summed E-state index contributed by atoms with van der Waals surface area (Å²) in [6, 6.07) is 6.78. The summed E-state index contributed by atoms with van der Waals surface area (Å²) < 4.78 is 24.3. The first-order valence-electron chi connectivity index (χ1n) is 8.41. The van der Waals surface area contributed by atoms with Crippen molar-refractivity contribution in [3.63, 3.8) is 0 Å². The molecule has 1 aliphatic rings. The van der Waals surface area contributed by atoms with Gasteiger partial charge in [-0.2, -0.15) is 0 Å². The number of hydrogen-bond donors (Lipinski definition) is 3. The number of halogens is 2. The maximum Gasteiger partial charge on any atom is 0.313 e. The van der Waals surface area contributed by atoms with Crippen LogP contribution in [-0.4, -0.2) is 50.5 Å². The maximum atomic E-state index is 12.1. The highest BCUT2D eigenvalue weighted by molar-refractivity contribution is 6.39. The molecule has 25 heavy (non-hydrogen) atoms. The van der Waals surface area contributed by atoms with E-state index in [0.29, 0.717) is 5.69 Å². The molecule has 1 saturated heterocycles. The van der Waals surface area contributed by atoms with Gasteiger partial charge in [-0.05, 0) is 37.6 Å². The third-order valence-electron chi connectivity index (χ3n) is 4.01. The predicted molar refractivity (Wildman–Crippen MR) is 93.0 cm³/mol. The Bertz CT molecular complexity index is 575. The zero-order valence-corrected chi connectivity index (χ0v) is 14.2. The summed E-state index contributed by atoms with van der Waals surface area (Å²) in [5.74, 6) is -1.63. The highest BCUT2D eigenvalue weighted by Gasteiger charge is 2.17. The van der Waals surface area contributed by atoms with E-state index in [9.17, 15) is 18.4 Å². The molecule has 1 fully saturated rings. The third kappa shape index (κ3) is 6.30. The molecule has 0 saturated carbocycles. The summed E-state index contributed by atoms with van der Waals surface area (Å²) in [5, 5.41) is 8.21. The molecule has 0 spiro atoms. The lowest BCUT2D eigenvalue weighted by Gasteiger charge is -2.29. The fraction of sp³-hybridized carbons (Fsp3) is 0.529. The minimum absolute atomic E-state index is 0.121. The van der Waals surface area contributed by atoms with Gasteiger partial charge in [0.05, 0.1) is 0 Å². The minimum atomic E-state index is -2.41. The van der Waals surface area contributed by atoms with Gasteiger partial charge in [0.15, 0.2) is 0 Å². The summed E-state index contributed by atoms with van der Waals surface area (Å²) in [5.41, 5.74) is 1.57. The Hall–Kier alpha value is -2.22. The van der Waals surface area contributed by atoms with Gasteiger partial charge >= 0.3 is 11.8 Å². The van der Waals surface area contributed by atoms with E-state index in [1.165, 1.54) is 0 Å². The summed E-state index contributed by atoms with van der Waals surface area (Å²) in [6.45, 7) is 5.30. The van der Waals surface area contributed by atoms with Crippen molar-refractivity contribution in [1.82, 2.24) is 10.6 Å². The van der Waals surface area contributed by atoms with Crippen LogP contribution in [-0.2, 0) is 9.59 Å². The average molecular weight is 354 g/mol. The Kier molecular flexibility index (Phi) is 7.12. The van der Waals surface area contributed by atoms with Gasteiger partial charge in [-0.25, -0.2) is 8.78 Å². The smallest absolute Gasteiger partial charge is 0.313 e. The quantitative estimate of drug-likeness (QED) is 0.679. The number of carbonyl (C=O) groups is 2. The highest BCUT2D eigenvalue weighted by Crippen LogP contribution is 2.18. The Balaban J connectivity index is 1.82. The van der Waals surface area contributed by atoms with E-state index in [0.717, 1.165) is 31.9 Å². The van der Waals surface area contributed by atoms with Crippen LogP contribution < -0.4 is 20.9 Å². The van der Waals surface area contributed by atoms with Crippen molar-refractivity contribution in [2.24, 2.45) is 0 Å². The molecule has 0 radical (unpaired) electrons. The zero-order chi connectivity index (χ0) is 18.2. The molecule has 2 amide bonds. The van der Waals surface area contributed by atoms with E-state index in [1.54, 1.807) is 19.1 Å². The Labute approximate surface area is 146 Å². The number of anilines is 2. The van der Waals surface area contributed by atoms with Gasteiger partial charge in [-0.1, -0.05) is 0 Å². The molecule has 1 unspecified atom stereocenters. The van der Waals surface area contributed by atoms with Gasteiger partial charge in [0.2, 0.25) is 6.43 Å². The molecular formula is C17H24F2N4O2. The molecule has 1 aliphatic heterocycles. The molecule has 0 bridgehead atoms. The van der Waals surface area contributed by atoms with Crippen molar-refractivity contribution < 1.29 is 18.4 Å². The van der Waals surface area contributed by atoms with E-state index in [-0.39, 0.29) is 12.8 Å². The molecule has 1 heterocycles. The minimum Gasteiger partial charge on any atom is -0.369 e. The van der Waals surface area contributed by atoms with Crippen LogP contribution in [0.5, 0.6) is 0 Å². The number of benzene rings is 1. The van der Waals surface area contributed by atoms with Gasteiger partial charge in [-0.15, -0.1) is 0 Å². The van der Waals surface area contributed by atoms with Crippen molar-refractivity contribution in [1.29, 1.82) is 0 Å². The second-order valence-corrected chi connectivity index (χ2v) is 6.08. The number of piperazine rings is 1. The highest BCUT2D eigenvalue weighted by atomic mass is 19.3. The van der Waals surface area contributed by atoms with Crippen molar-refractivity contribution >= 4 is 23.2 Å². The van der Waals surface area contributed by atoms with E-state index in [2.05, 4.69) is 20.9 Å². The zero-order valence-electron chi connectivity index (χ0n) is 14.2. The van der Waals surface area contributed by atoms with Crippen LogP contribution in [0.4, 0.5) is 20.2 Å². The van der Waals surface area contributed by atoms with Crippen molar-refractivity contribution in [3.8, 4) is 0 Å². The van der Waals surface area contributed by atoms with E-state index < -0.39 is 24.3 Å². The van der Waals surface area contributed by atoms with Crippen LogP contribution in [0.3, 0.4) is 0 Å². The molecular weight excluding hydrogens is 330 g/mol. The first-order chi connectivity index (χ1) is 12.0. The van der Waals surface area contributed by atoms with Crippen molar-refractivity contribution in [2.45, 2.75) is 32.2 Å². The van der Waals surface area contributed by atoms with Crippen LogP contribution in [0.15, 0.2) is 24.3 Å². The Morgan fingerprint density at radius 3 is 2.36 bits per heavy atom. The van der Waals surface area contributed by atoms with Gasteiger partial charge < -0.3 is 20.9 Å². The van der Waals surface area contributed by atoms with Gasteiger partial charge in [0.25, 0.3) is 0 Å². The molecule has 8 heteroatoms. The van der Waals surface area contributed by atoms with E-state index >= 15 is 0 Å². The monoisotopic (exact) mass is 354 g/mol. The van der Waals surface area contributed by atoms with E-state index in [1.807, 2.05) is 12.1 Å². The number of alkyl halides is 2. The lowest BCUT2D eigenvalue weighted by molar-refractivity contribution is -0.136. The number of carbonyl (C=O) groups excluding carboxylic acids is 2. The molecule has 0 aliphatic carbocycles. The lowest BCUT2D eigenvalue weighted by atomic mass is 10.2. The molecule has 0 aromatic heterocycles. The van der Waals surface area contributed by atoms with Gasteiger partial charge in [0.1, 0.15) is 0 Å². The van der Waals surface area contributed by atoms with Crippen LogP contribution >= 0.6 is 0 Å². The van der Waals surface area contributed by atoms with Crippen LogP contribution in [0.25, 0.3) is 0 Å². The van der Waals surface area contributed by atoms with Crippen LogP contribution in [0.1, 0.15) is 19.8 Å². The maximum absolute atomic E-state index is 12.1. The van der Waals surface area contributed by atoms with Crippen LogP contribution in [0.2, 0.25) is 0 Å². The van der Waals surface area contributed by atoms with Gasteiger partial charge in [-0.3, -0.25) is 9.59 Å². The number of nitrogens with one attached hydrogen (secondary N) is 3. The Morgan fingerprint density at radius 1 is 1.12 bits per heavy atom. The Morgan fingerprint density at radius 2 is 1.76 bits per heavy atom. The SMILES string of the molecule is CC(CCC(F)F)NC(=O)C(=O)Nc1ccc(N2CCNCC2)cc1. The van der Waals surface area contributed by atoms with Crippen molar-refractivity contribution in [2.75, 3.05) is 36.4 Å². The van der Waals surface area contributed by atoms with Crippen LogP contribution in [0, 0.1) is 0 Å². The number of rotatable bonds is 6. The fourth-order valence-corrected chi connectivity index (χ4v) is 2.60. The third-order valence-corrected chi connectivity index (χ3v) is 4.01. The summed E-state index contributed by atoms with van der Waals surface area (Å²) >= 11 is 0. The van der Waals surface area contributed by atoms with E-state index in [4.69, 9.17) is 0 Å². The summed E-state index contributed by atoms with van der Waals surface area (Å²) in [4.78, 5) is 25.9. The first-order valence-corrected chi connectivity index (χ1v) is 8.41. The molecule has 138 valence electrons. The molecule has 2 rings (SSSR count). The number of hydrogen-bond acceptors (Lipinski definition) is 4. The molecule has 6 nitrogen and oxygen atoms in total. The lowest BCUT2D eigenvalue weighted by Crippen LogP contribution is -2.43.